The molecule has 4 aromatic rings. The number of nitrogens with one attached hydrogen (secondary N) is 1. The number of carboxylic acids is 1. The van der Waals surface area contributed by atoms with Crippen molar-refractivity contribution >= 4 is 29.2 Å². The van der Waals surface area contributed by atoms with E-state index < -0.39 is 18.1 Å². The largest absolute Gasteiger partial charge is 0.493 e. The van der Waals surface area contributed by atoms with Crippen LogP contribution in [0.3, 0.4) is 0 Å². The van der Waals surface area contributed by atoms with Crippen LogP contribution in [0.25, 0.3) is 11.1 Å². The molecule has 0 saturated carbocycles. The smallest absolute Gasteiger partial charge is 0.326 e. The first-order valence-corrected chi connectivity index (χ1v) is 17.7. The van der Waals surface area contributed by atoms with E-state index in [1.54, 1.807) is 24.4 Å². The van der Waals surface area contributed by atoms with Gasteiger partial charge in [-0.3, -0.25) is 15.1 Å². The van der Waals surface area contributed by atoms with E-state index in [4.69, 9.17) is 37.4 Å². The van der Waals surface area contributed by atoms with E-state index in [9.17, 15) is 25.4 Å². The van der Waals surface area contributed by atoms with Crippen molar-refractivity contribution in [3.63, 3.8) is 0 Å². The molecular formula is C39H42Cl2N4O7. The zero-order valence-electron chi connectivity index (χ0n) is 29.1. The average Bonchev–Trinajstić information content (AvgIpc) is 3.57. The van der Waals surface area contributed by atoms with Crippen molar-refractivity contribution in [1.29, 1.82) is 5.26 Å². The Labute approximate surface area is 313 Å². The van der Waals surface area contributed by atoms with E-state index in [0.29, 0.717) is 46.4 Å². The number of β-amino-alcohol motifs (C(OH)–C–C–N with tert-alkyl or cyclic N) is 1. The van der Waals surface area contributed by atoms with Gasteiger partial charge < -0.3 is 34.4 Å². The third-order valence-electron chi connectivity index (χ3n) is 9.05. The number of hydrogen-bond donors (Lipinski definition) is 4. The van der Waals surface area contributed by atoms with Crippen molar-refractivity contribution in [3.05, 3.63) is 105 Å². The quantitative estimate of drug-likeness (QED) is 0.0918. The van der Waals surface area contributed by atoms with Crippen molar-refractivity contribution in [2.75, 3.05) is 32.8 Å². The highest BCUT2D eigenvalue weighted by Crippen LogP contribution is 2.38. The van der Waals surface area contributed by atoms with Crippen LogP contribution in [0.2, 0.25) is 10.0 Å². The van der Waals surface area contributed by atoms with Gasteiger partial charge in [-0.05, 0) is 56.0 Å². The lowest BCUT2D eigenvalue weighted by Crippen LogP contribution is -2.52. The van der Waals surface area contributed by atoms with Crippen LogP contribution in [0.4, 0.5) is 0 Å². The van der Waals surface area contributed by atoms with Crippen LogP contribution in [0, 0.1) is 18.3 Å². The topological polar surface area (TPSA) is 157 Å². The fourth-order valence-corrected chi connectivity index (χ4v) is 6.36. The molecule has 11 nitrogen and oxygen atoms in total. The second-order valence-electron chi connectivity index (χ2n) is 13.0. The van der Waals surface area contributed by atoms with Gasteiger partial charge in [-0.25, -0.2) is 0 Å². The standard InChI is InChI=1S/C39H42Cl2N4O7/c1-25-31(7-4-9-34(25)50-13-5-11-45-12-10-30(47)21-45)32-8-3-6-28(37(32)41)23-52-36-16-35(51-22-27-14-26(17-42)18-43-19-27)29(15-33(36)40)20-44-39(2,24-46)38(48)49/h3-4,6-9,14-16,18-19,30,44,46-47H,5,10-13,20-24H2,1-2H3,(H,48,49)/t30-,39?/m1/s1. The third-order valence-corrected chi connectivity index (χ3v) is 9.79. The Bertz CT molecular complexity index is 1920. The van der Waals surface area contributed by atoms with Crippen molar-refractivity contribution in [2.45, 2.75) is 58.1 Å². The molecule has 0 bridgehead atoms. The van der Waals surface area contributed by atoms with Gasteiger partial charge in [-0.15, -0.1) is 0 Å². The number of aliphatic hydroxyl groups is 2. The minimum Gasteiger partial charge on any atom is -0.493 e. The van der Waals surface area contributed by atoms with Crippen LogP contribution in [-0.2, 0) is 24.6 Å². The monoisotopic (exact) mass is 748 g/mol. The molecule has 2 heterocycles. The summed E-state index contributed by atoms with van der Waals surface area (Å²) in [5.41, 5.74) is 3.40. The summed E-state index contributed by atoms with van der Waals surface area (Å²) in [5, 5.41) is 42.0. The lowest BCUT2D eigenvalue weighted by Gasteiger charge is -2.25. The number of nitriles is 1. The summed E-state index contributed by atoms with van der Waals surface area (Å²) in [7, 11) is 0. The highest BCUT2D eigenvalue weighted by atomic mass is 35.5. The van der Waals surface area contributed by atoms with Gasteiger partial charge in [-0.1, -0.05) is 53.5 Å². The second kappa shape index (κ2) is 17.9. The fourth-order valence-electron chi connectivity index (χ4n) is 5.84. The van der Waals surface area contributed by atoms with Gasteiger partial charge in [0.1, 0.15) is 42.1 Å². The third kappa shape index (κ3) is 9.72. The summed E-state index contributed by atoms with van der Waals surface area (Å²) >= 11 is 13.7. The first-order chi connectivity index (χ1) is 25.0. The fraction of sp³-hybridized carbons (Fsp3) is 0.359. The zero-order valence-corrected chi connectivity index (χ0v) is 30.6. The molecule has 1 unspecified atom stereocenters. The molecule has 0 amide bonds. The minimum atomic E-state index is -1.60. The number of likely N-dealkylation sites (tertiary alicyclic amines) is 1. The number of aliphatic hydroxyl groups excluding tert-OH is 2. The zero-order chi connectivity index (χ0) is 37.3. The molecule has 52 heavy (non-hydrogen) atoms. The van der Waals surface area contributed by atoms with Crippen molar-refractivity contribution in [1.82, 2.24) is 15.2 Å². The summed E-state index contributed by atoms with van der Waals surface area (Å²) in [4.78, 5) is 18.1. The normalized spacial score (nSPS) is 15.5. The summed E-state index contributed by atoms with van der Waals surface area (Å²) in [6.07, 6.45) is 4.47. The van der Waals surface area contributed by atoms with Gasteiger partial charge in [0, 0.05) is 66.9 Å². The predicted molar refractivity (Wildman–Crippen MR) is 198 cm³/mol. The van der Waals surface area contributed by atoms with E-state index in [1.807, 2.05) is 43.3 Å². The maximum Gasteiger partial charge on any atom is 0.326 e. The first kappa shape index (κ1) is 38.8. The van der Waals surface area contributed by atoms with Crippen LogP contribution < -0.4 is 19.5 Å². The molecule has 1 fully saturated rings. The highest BCUT2D eigenvalue weighted by molar-refractivity contribution is 6.34. The van der Waals surface area contributed by atoms with E-state index in [1.165, 1.54) is 13.1 Å². The lowest BCUT2D eigenvalue weighted by molar-refractivity contribution is -0.145. The molecule has 5 rings (SSSR count). The maximum atomic E-state index is 11.8. The van der Waals surface area contributed by atoms with E-state index in [0.717, 1.165) is 53.9 Å². The molecule has 2 atom stereocenters. The number of carboxylic acid groups (broad SMARTS) is 1. The van der Waals surface area contributed by atoms with E-state index >= 15 is 0 Å². The van der Waals surface area contributed by atoms with Crippen LogP contribution in [0.5, 0.6) is 17.2 Å². The Morgan fingerprint density at radius 2 is 1.81 bits per heavy atom. The summed E-state index contributed by atoms with van der Waals surface area (Å²) in [5.74, 6) is 0.226. The molecule has 274 valence electrons. The molecule has 1 aliphatic rings. The molecule has 3 aromatic carbocycles. The van der Waals surface area contributed by atoms with Crippen LogP contribution in [0.15, 0.2) is 67.0 Å². The Morgan fingerprint density at radius 1 is 1.04 bits per heavy atom. The minimum absolute atomic E-state index is 0.00770. The second-order valence-corrected chi connectivity index (χ2v) is 13.7. The number of aromatic nitrogens is 1. The van der Waals surface area contributed by atoms with E-state index in [-0.39, 0.29) is 30.9 Å². The van der Waals surface area contributed by atoms with Crippen LogP contribution >= 0.6 is 23.2 Å². The van der Waals surface area contributed by atoms with Crippen LogP contribution in [-0.4, -0.2) is 75.7 Å². The first-order valence-electron chi connectivity index (χ1n) is 16.9. The molecule has 1 aromatic heterocycles. The Morgan fingerprint density at radius 3 is 2.54 bits per heavy atom. The molecule has 0 aliphatic carbocycles. The van der Waals surface area contributed by atoms with Gasteiger partial charge in [0.2, 0.25) is 0 Å². The molecule has 1 aliphatic heterocycles. The number of pyridine rings is 1. The predicted octanol–water partition coefficient (Wildman–Crippen LogP) is 6.15. The lowest BCUT2D eigenvalue weighted by atomic mass is 9.98. The van der Waals surface area contributed by atoms with Crippen LogP contribution in [0.1, 0.15) is 47.6 Å². The van der Waals surface area contributed by atoms with Gasteiger partial charge in [-0.2, -0.15) is 5.26 Å². The number of hydrogen-bond acceptors (Lipinski definition) is 10. The molecule has 0 spiro atoms. The molecule has 1 saturated heterocycles. The molecule has 13 heteroatoms. The number of ether oxygens (including phenoxy) is 3. The Kier molecular flexibility index (Phi) is 13.3. The van der Waals surface area contributed by atoms with Crippen molar-refractivity contribution < 1.29 is 34.3 Å². The van der Waals surface area contributed by atoms with Crippen molar-refractivity contribution in [2.24, 2.45) is 0 Å². The number of carbonyl (C=O) groups is 1. The summed E-state index contributed by atoms with van der Waals surface area (Å²) in [6, 6.07) is 18.6. The van der Waals surface area contributed by atoms with E-state index in [2.05, 4.69) is 21.3 Å². The van der Waals surface area contributed by atoms with Gasteiger partial charge in [0.25, 0.3) is 0 Å². The van der Waals surface area contributed by atoms with Gasteiger partial charge in [0.15, 0.2) is 0 Å². The molecule has 0 radical (unpaired) electrons. The number of nitrogens with zero attached hydrogens (tertiary/aromatic N) is 3. The summed E-state index contributed by atoms with van der Waals surface area (Å²) < 4.78 is 18.5. The SMILES string of the molecule is Cc1c(OCCCN2CC[C@@H](O)C2)cccc1-c1cccc(COc2cc(OCc3cncc(C#N)c3)c(CNC(C)(CO)C(=O)O)cc2Cl)c1Cl. The number of rotatable bonds is 17. The molecule has 4 N–H and O–H groups in total. The highest BCUT2D eigenvalue weighted by Gasteiger charge is 2.32. The number of halogens is 2. The summed E-state index contributed by atoms with van der Waals surface area (Å²) in [6.45, 7) is 5.96. The van der Waals surface area contributed by atoms with Gasteiger partial charge in [0.05, 0.1) is 34.9 Å². The number of benzene rings is 3. The number of aliphatic carboxylic acids is 1. The average molecular weight is 750 g/mol. The Balaban J connectivity index is 1.32. The maximum absolute atomic E-state index is 11.8. The van der Waals surface area contributed by atoms with Gasteiger partial charge >= 0.3 is 5.97 Å². The Hall–Kier alpha value is -4.41. The molecular weight excluding hydrogens is 707 g/mol. The van der Waals surface area contributed by atoms with Crippen molar-refractivity contribution in [3.8, 4) is 34.4 Å².